The lowest BCUT2D eigenvalue weighted by atomic mass is 10.1. The summed E-state index contributed by atoms with van der Waals surface area (Å²) in [4.78, 5) is 10.6. The van der Waals surface area contributed by atoms with Gasteiger partial charge in [0.05, 0.1) is 0 Å². The number of anilines is 1. The predicted octanol–water partition coefficient (Wildman–Crippen LogP) is 3.23. The zero-order valence-corrected chi connectivity index (χ0v) is 10.2. The van der Waals surface area contributed by atoms with Gasteiger partial charge < -0.3 is 5.73 Å². The highest BCUT2D eigenvalue weighted by Crippen LogP contribution is 2.18. The van der Waals surface area contributed by atoms with E-state index in [-0.39, 0.29) is 10.8 Å². The van der Waals surface area contributed by atoms with Crippen LogP contribution in [0.15, 0.2) is 18.2 Å². The lowest BCUT2D eigenvalue weighted by molar-refractivity contribution is -0.109. The van der Waals surface area contributed by atoms with Crippen molar-refractivity contribution in [1.82, 2.24) is 0 Å². The summed E-state index contributed by atoms with van der Waals surface area (Å²) in [6.07, 6.45) is 4.07. The van der Waals surface area contributed by atoms with Crippen molar-refractivity contribution < 1.29 is 13.6 Å². The minimum absolute atomic E-state index is 0.0609. The van der Waals surface area contributed by atoms with Gasteiger partial charge in [0.15, 0.2) is 16.7 Å². The van der Waals surface area contributed by atoms with Gasteiger partial charge in [0.1, 0.15) is 0 Å². The molecule has 0 fully saturated rings. The van der Waals surface area contributed by atoms with E-state index in [0.717, 1.165) is 12.1 Å². The summed E-state index contributed by atoms with van der Waals surface area (Å²) in [6.45, 7) is 1.50. The summed E-state index contributed by atoms with van der Waals surface area (Å²) in [5, 5.41) is 0.0609. The molecule has 0 unspecified atom stereocenters. The van der Waals surface area contributed by atoms with Crippen molar-refractivity contribution in [2.45, 2.75) is 13.3 Å². The minimum Gasteiger partial charge on any atom is -0.398 e. The molecule has 0 saturated heterocycles. The van der Waals surface area contributed by atoms with Crippen LogP contribution in [0.2, 0.25) is 0 Å². The first kappa shape index (κ1) is 13.7. The van der Waals surface area contributed by atoms with Crippen LogP contribution >= 0.6 is 11.8 Å². The zero-order chi connectivity index (χ0) is 12.8. The van der Waals surface area contributed by atoms with Crippen molar-refractivity contribution in [2.24, 2.45) is 0 Å². The van der Waals surface area contributed by atoms with Crippen LogP contribution in [0.5, 0.6) is 0 Å². The molecule has 1 rings (SSSR count). The van der Waals surface area contributed by atoms with Gasteiger partial charge in [-0.05, 0) is 12.5 Å². The van der Waals surface area contributed by atoms with E-state index in [1.165, 1.54) is 18.7 Å². The van der Waals surface area contributed by atoms with E-state index < -0.39 is 11.6 Å². The Morgan fingerprint density at radius 1 is 1.41 bits per heavy atom. The van der Waals surface area contributed by atoms with Gasteiger partial charge in [-0.25, -0.2) is 8.78 Å². The number of nitrogens with two attached hydrogens (primary N) is 1. The van der Waals surface area contributed by atoms with E-state index in [4.69, 9.17) is 5.73 Å². The van der Waals surface area contributed by atoms with Crippen LogP contribution in [0, 0.1) is 11.6 Å². The third-order valence-corrected chi connectivity index (χ3v) is 2.86. The molecule has 0 heterocycles. The fraction of sp³-hybridized carbons (Fsp3) is 0.250. The van der Waals surface area contributed by atoms with Crippen LogP contribution in [-0.4, -0.2) is 10.9 Å². The van der Waals surface area contributed by atoms with Gasteiger partial charge >= 0.3 is 0 Å². The van der Waals surface area contributed by atoms with Crippen LogP contribution in [0.3, 0.4) is 0 Å². The molecule has 0 aromatic heterocycles. The number of thioether (sulfide) groups is 1. The van der Waals surface area contributed by atoms with E-state index in [0.29, 0.717) is 17.7 Å². The molecule has 5 heteroatoms. The molecular formula is C12H13F2NOS. The number of halogens is 2. The Kier molecular flexibility index (Phi) is 5.15. The molecule has 0 aliphatic heterocycles. The summed E-state index contributed by atoms with van der Waals surface area (Å²) >= 11 is 1.22. The SMILES string of the molecule is CC(=O)SCCC=Cc1cc(F)c(F)cc1N. The van der Waals surface area contributed by atoms with E-state index in [9.17, 15) is 13.6 Å². The van der Waals surface area contributed by atoms with Crippen LogP contribution < -0.4 is 5.73 Å². The molecule has 92 valence electrons. The minimum atomic E-state index is -0.952. The highest BCUT2D eigenvalue weighted by Gasteiger charge is 2.04. The van der Waals surface area contributed by atoms with Gasteiger partial charge in [-0.2, -0.15) is 0 Å². The van der Waals surface area contributed by atoms with Gasteiger partial charge in [-0.1, -0.05) is 23.9 Å². The molecule has 0 atom stereocenters. The van der Waals surface area contributed by atoms with Gasteiger partial charge in [0.2, 0.25) is 0 Å². The van der Waals surface area contributed by atoms with E-state index in [1.807, 2.05) is 0 Å². The van der Waals surface area contributed by atoms with Crippen molar-refractivity contribution in [3.63, 3.8) is 0 Å². The van der Waals surface area contributed by atoms with Crippen molar-refractivity contribution >= 4 is 28.6 Å². The number of nitrogen functional groups attached to an aromatic ring is 1. The highest BCUT2D eigenvalue weighted by atomic mass is 32.2. The second-order valence-corrected chi connectivity index (χ2v) is 4.70. The van der Waals surface area contributed by atoms with E-state index >= 15 is 0 Å². The molecular weight excluding hydrogens is 244 g/mol. The van der Waals surface area contributed by atoms with E-state index in [2.05, 4.69) is 0 Å². The number of carbonyl (C=O) groups excluding carboxylic acids is 1. The first-order valence-corrected chi connectivity index (χ1v) is 6.03. The Labute approximate surface area is 103 Å². The van der Waals surface area contributed by atoms with Crippen molar-refractivity contribution in [3.8, 4) is 0 Å². The van der Waals surface area contributed by atoms with Gasteiger partial charge in [-0.15, -0.1) is 0 Å². The number of rotatable bonds is 4. The summed E-state index contributed by atoms with van der Waals surface area (Å²) in [6, 6.07) is 2.01. The van der Waals surface area contributed by atoms with Crippen molar-refractivity contribution in [2.75, 3.05) is 11.5 Å². The number of hydrogen-bond acceptors (Lipinski definition) is 3. The lowest BCUT2D eigenvalue weighted by Crippen LogP contribution is -1.94. The standard InChI is InChI=1S/C12H13F2NOS/c1-8(16)17-5-3-2-4-9-6-10(13)11(14)7-12(9)15/h2,4,6-7H,3,5,15H2,1H3. The molecule has 2 nitrogen and oxygen atoms in total. The molecule has 0 aliphatic carbocycles. The Balaban J connectivity index is 2.59. The molecule has 0 saturated carbocycles. The summed E-state index contributed by atoms with van der Waals surface area (Å²) in [5.74, 6) is -1.21. The quantitative estimate of drug-likeness (QED) is 0.665. The fourth-order valence-electron chi connectivity index (χ4n) is 1.20. The Morgan fingerprint density at radius 3 is 2.71 bits per heavy atom. The largest absolute Gasteiger partial charge is 0.398 e. The van der Waals surface area contributed by atoms with Crippen LogP contribution in [0.1, 0.15) is 18.9 Å². The van der Waals surface area contributed by atoms with Gasteiger partial charge in [0.25, 0.3) is 0 Å². The molecule has 0 bridgehead atoms. The molecule has 0 aliphatic rings. The third kappa shape index (κ3) is 4.56. The lowest BCUT2D eigenvalue weighted by Gasteiger charge is -2.01. The third-order valence-electron chi connectivity index (χ3n) is 2.01. The number of allylic oxidation sites excluding steroid dienone is 1. The average molecular weight is 257 g/mol. The smallest absolute Gasteiger partial charge is 0.185 e. The van der Waals surface area contributed by atoms with Crippen LogP contribution in [0.4, 0.5) is 14.5 Å². The summed E-state index contributed by atoms with van der Waals surface area (Å²) < 4.78 is 25.7. The Hall–Kier alpha value is -1.36. The number of benzene rings is 1. The first-order valence-electron chi connectivity index (χ1n) is 5.05. The molecule has 1 aromatic carbocycles. The van der Waals surface area contributed by atoms with Crippen LogP contribution in [0.25, 0.3) is 6.08 Å². The Bertz CT molecular complexity index is 446. The molecule has 2 N–H and O–H groups in total. The van der Waals surface area contributed by atoms with Crippen molar-refractivity contribution in [3.05, 3.63) is 35.4 Å². The van der Waals surface area contributed by atoms with Gasteiger partial charge in [0, 0.05) is 30.0 Å². The summed E-state index contributed by atoms with van der Waals surface area (Å²) in [7, 11) is 0. The maximum absolute atomic E-state index is 12.9. The fourth-order valence-corrected chi connectivity index (χ4v) is 1.74. The van der Waals surface area contributed by atoms with Gasteiger partial charge in [-0.3, -0.25) is 4.79 Å². The molecule has 0 amide bonds. The maximum Gasteiger partial charge on any atom is 0.185 e. The molecule has 1 aromatic rings. The Morgan fingerprint density at radius 2 is 2.06 bits per heavy atom. The van der Waals surface area contributed by atoms with Crippen LogP contribution in [-0.2, 0) is 4.79 Å². The number of hydrogen-bond donors (Lipinski definition) is 1. The topological polar surface area (TPSA) is 43.1 Å². The normalized spacial score (nSPS) is 11.0. The number of carbonyl (C=O) groups is 1. The molecule has 17 heavy (non-hydrogen) atoms. The maximum atomic E-state index is 12.9. The summed E-state index contributed by atoms with van der Waals surface area (Å²) in [5.41, 5.74) is 6.17. The highest BCUT2D eigenvalue weighted by molar-refractivity contribution is 8.13. The van der Waals surface area contributed by atoms with E-state index in [1.54, 1.807) is 12.2 Å². The molecule has 0 spiro atoms. The second kappa shape index (κ2) is 6.39. The zero-order valence-electron chi connectivity index (χ0n) is 9.37. The predicted molar refractivity (Wildman–Crippen MR) is 67.6 cm³/mol. The molecule has 0 radical (unpaired) electrons. The monoisotopic (exact) mass is 257 g/mol. The van der Waals surface area contributed by atoms with Crippen molar-refractivity contribution in [1.29, 1.82) is 0 Å². The average Bonchev–Trinajstić information content (AvgIpc) is 2.24. The first-order chi connectivity index (χ1) is 8.00. The second-order valence-electron chi connectivity index (χ2n) is 3.43.